The normalized spacial score (nSPS) is 17.1. The third-order valence-corrected chi connectivity index (χ3v) is 2.02. The lowest BCUT2D eigenvalue weighted by molar-refractivity contribution is 0.886. The lowest BCUT2D eigenvalue weighted by Crippen LogP contribution is -2.32. The van der Waals surface area contributed by atoms with E-state index in [1.54, 1.807) is 0 Å². The summed E-state index contributed by atoms with van der Waals surface area (Å²) in [6.45, 7) is 0.852. The Labute approximate surface area is 63.7 Å². The quantitative estimate of drug-likeness (QED) is 0.623. The van der Waals surface area contributed by atoms with Crippen LogP contribution in [0, 0.1) is 5.92 Å². The van der Waals surface area contributed by atoms with Crippen molar-refractivity contribution < 1.29 is 0 Å². The summed E-state index contributed by atoms with van der Waals surface area (Å²) >= 11 is 0. The number of anilines is 1. The van der Waals surface area contributed by atoms with E-state index in [1.165, 1.54) is 18.9 Å². The van der Waals surface area contributed by atoms with Crippen LogP contribution in [-0.2, 0) is 0 Å². The fourth-order valence-electron chi connectivity index (χ4n) is 1.02. The summed E-state index contributed by atoms with van der Waals surface area (Å²) in [5.74, 6) is 0.736. The first-order chi connectivity index (χ1) is 5.27. The maximum Gasteiger partial charge on any atom is 0.248 e. The lowest BCUT2D eigenvalue weighted by Gasteiger charge is -2.03. The Morgan fingerprint density at radius 3 is 2.64 bits per heavy atom. The molecule has 0 heterocycles. The van der Waals surface area contributed by atoms with Crippen LogP contribution in [0.5, 0.6) is 0 Å². The van der Waals surface area contributed by atoms with Gasteiger partial charge >= 0.3 is 0 Å². The highest BCUT2D eigenvalue weighted by Gasteiger charge is 2.21. The molecule has 1 saturated carbocycles. The zero-order chi connectivity index (χ0) is 7.84. The predicted octanol–water partition coefficient (Wildman–Crippen LogP) is 0.105. The first-order valence-electron chi connectivity index (χ1n) is 3.81. The zero-order valence-electron chi connectivity index (χ0n) is 6.09. The van der Waals surface area contributed by atoms with Crippen LogP contribution in [0.2, 0.25) is 0 Å². The summed E-state index contributed by atoms with van der Waals surface area (Å²) in [5, 5.41) is 2.95. The van der Waals surface area contributed by atoms with Crippen LogP contribution in [0.3, 0.4) is 0 Å². The van der Waals surface area contributed by atoms with E-state index in [9.17, 15) is 9.59 Å². The van der Waals surface area contributed by atoms with Crippen LogP contribution in [0.4, 0.5) is 5.69 Å². The molecule has 1 aliphatic carbocycles. The Hall–Kier alpha value is -1.12. The minimum Gasteiger partial charge on any atom is -0.381 e. The van der Waals surface area contributed by atoms with Gasteiger partial charge in [-0.3, -0.25) is 9.59 Å². The highest BCUT2D eigenvalue weighted by Crippen LogP contribution is 2.28. The van der Waals surface area contributed by atoms with Crippen molar-refractivity contribution in [2.24, 2.45) is 5.92 Å². The molecule has 0 atom stereocenters. The molecule has 0 aromatic heterocycles. The second kappa shape index (κ2) is 2.19. The van der Waals surface area contributed by atoms with E-state index < -0.39 is 0 Å². The van der Waals surface area contributed by atoms with E-state index >= 15 is 0 Å². The molecule has 0 bridgehead atoms. The van der Waals surface area contributed by atoms with Crippen molar-refractivity contribution in [2.75, 3.05) is 11.9 Å². The molecule has 3 heteroatoms. The van der Waals surface area contributed by atoms with Gasteiger partial charge in [-0.05, 0) is 18.8 Å². The van der Waals surface area contributed by atoms with Gasteiger partial charge in [0.2, 0.25) is 10.9 Å². The summed E-state index contributed by atoms with van der Waals surface area (Å²) in [6.07, 6.45) is 2.50. The first-order valence-corrected chi connectivity index (χ1v) is 3.81. The molecule has 0 aliphatic heterocycles. The topological polar surface area (TPSA) is 46.2 Å². The molecule has 0 saturated heterocycles. The molecule has 0 amide bonds. The van der Waals surface area contributed by atoms with Gasteiger partial charge in [0.05, 0.1) is 5.69 Å². The maximum absolute atomic E-state index is 10.7. The van der Waals surface area contributed by atoms with Crippen molar-refractivity contribution in [2.45, 2.75) is 12.8 Å². The minimum atomic E-state index is -0.372. The van der Waals surface area contributed by atoms with Gasteiger partial charge in [-0.25, -0.2) is 0 Å². The monoisotopic (exact) mass is 151 g/mol. The average Bonchev–Trinajstić information content (AvgIpc) is 2.80. The van der Waals surface area contributed by atoms with Crippen LogP contribution >= 0.6 is 0 Å². The lowest BCUT2D eigenvalue weighted by atomic mass is 10.2. The fraction of sp³-hybridized carbons (Fsp3) is 0.500. The summed E-state index contributed by atoms with van der Waals surface area (Å²) in [6, 6.07) is 1.37. The molecular weight excluding hydrogens is 142 g/mol. The molecule has 1 N–H and O–H groups in total. The molecule has 3 nitrogen and oxygen atoms in total. The van der Waals surface area contributed by atoms with E-state index in [0.717, 1.165) is 12.5 Å². The van der Waals surface area contributed by atoms with E-state index in [-0.39, 0.29) is 10.9 Å². The molecular formula is C8H9NO2. The Balaban J connectivity index is 1.92. The summed E-state index contributed by atoms with van der Waals surface area (Å²) < 4.78 is 0. The molecule has 2 rings (SSSR count). The predicted molar refractivity (Wildman–Crippen MR) is 42.6 cm³/mol. The van der Waals surface area contributed by atoms with Gasteiger partial charge in [-0.15, -0.1) is 0 Å². The Kier molecular flexibility index (Phi) is 1.31. The fourth-order valence-corrected chi connectivity index (χ4v) is 1.02. The third kappa shape index (κ3) is 1.18. The van der Waals surface area contributed by atoms with Gasteiger partial charge in [0.1, 0.15) is 0 Å². The van der Waals surface area contributed by atoms with Crippen molar-refractivity contribution in [1.29, 1.82) is 0 Å². The first kappa shape index (κ1) is 6.58. The molecule has 1 aliphatic rings. The number of nitrogens with one attached hydrogen (secondary N) is 1. The summed E-state index contributed by atoms with van der Waals surface area (Å²) in [5.41, 5.74) is -0.226. The van der Waals surface area contributed by atoms with Gasteiger partial charge in [0.15, 0.2) is 0 Å². The number of hydrogen-bond donors (Lipinski definition) is 1. The molecule has 1 aromatic rings. The molecule has 11 heavy (non-hydrogen) atoms. The van der Waals surface area contributed by atoms with Crippen LogP contribution in [0.25, 0.3) is 0 Å². The van der Waals surface area contributed by atoms with Gasteiger partial charge in [0.25, 0.3) is 0 Å². The van der Waals surface area contributed by atoms with Gasteiger partial charge in [-0.2, -0.15) is 0 Å². The Morgan fingerprint density at radius 1 is 1.45 bits per heavy atom. The number of rotatable bonds is 3. The Morgan fingerprint density at radius 2 is 2.18 bits per heavy atom. The van der Waals surface area contributed by atoms with E-state index in [2.05, 4.69) is 5.32 Å². The summed E-state index contributed by atoms with van der Waals surface area (Å²) in [4.78, 5) is 21.1. The van der Waals surface area contributed by atoms with Crippen molar-refractivity contribution in [3.05, 3.63) is 26.5 Å². The maximum atomic E-state index is 10.7. The van der Waals surface area contributed by atoms with Gasteiger partial charge in [-0.1, -0.05) is 0 Å². The van der Waals surface area contributed by atoms with Gasteiger partial charge in [0, 0.05) is 12.6 Å². The van der Waals surface area contributed by atoms with Crippen LogP contribution < -0.4 is 16.2 Å². The Bertz CT molecular complexity index is 331. The highest BCUT2D eigenvalue weighted by molar-refractivity contribution is 5.47. The van der Waals surface area contributed by atoms with Crippen molar-refractivity contribution in [3.8, 4) is 0 Å². The van der Waals surface area contributed by atoms with E-state index in [1.807, 2.05) is 0 Å². The SMILES string of the molecule is O=c1cc(NCC2CC2)c1=O. The smallest absolute Gasteiger partial charge is 0.248 e. The van der Waals surface area contributed by atoms with E-state index in [4.69, 9.17) is 0 Å². The second-order valence-corrected chi connectivity index (χ2v) is 3.08. The summed E-state index contributed by atoms with van der Waals surface area (Å²) in [7, 11) is 0. The third-order valence-electron chi connectivity index (χ3n) is 2.02. The highest BCUT2D eigenvalue weighted by atomic mass is 16.2. The molecule has 58 valence electrons. The largest absolute Gasteiger partial charge is 0.381 e. The van der Waals surface area contributed by atoms with Crippen molar-refractivity contribution in [3.63, 3.8) is 0 Å². The average molecular weight is 151 g/mol. The standard InChI is InChI=1S/C8H9NO2/c10-7-3-6(8(7)11)9-4-5-1-2-5/h3,5,9H,1-2,4H2. The van der Waals surface area contributed by atoms with Crippen molar-refractivity contribution >= 4 is 5.69 Å². The molecule has 0 spiro atoms. The minimum absolute atomic E-state index is 0.356. The molecule has 0 unspecified atom stereocenters. The van der Waals surface area contributed by atoms with Crippen LogP contribution in [0.15, 0.2) is 15.7 Å². The second-order valence-electron chi connectivity index (χ2n) is 3.08. The number of hydrogen-bond acceptors (Lipinski definition) is 3. The van der Waals surface area contributed by atoms with Crippen LogP contribution in [-0.4, -0.2) is 6.54 Å². The van der Waals surface area contributed by atoms with Crippen molar-refractivity contribution in [1.82, 2.24) is 0 Å². The van der Waals surface area contributed by atoms with E-state index in [0.29, 0.717) is 5.69 Å². The molecule has 1 fully saturated rings. The zero-order valence-corrected chi connectivity index (χ0v) is 6.09. The van der Waals surface area contributed by atoms with Crippen LogP contribution in [0.1, 0.15) is 12.8 Å². The molecule has 0 radical (unpaired) electrons. The molecule has 1 aromatic carbocycles. The van der Waals surface area contributed by atoms with Gasteiger partial charge < -0.3 is 5.32 Å².